The van der Waals surface area contributed by atoms with Crippen molar-refractivity contribution in [3.05, 3.63) is 53.8 Å². The van der Waals surface area contributed by atoms with Gasteiger partial charge in [0.2, 0.25) is 0 Å². The van der Waals surface area contributed by atoms with Gasteiger partial charge in [-0.1, -0.05) is 120 Å². The maximum Gasteiger partial charge on any atom is -0.0224 e. The third kappa shape index (κ3) is 5.56. The van der Waals surface area contributed by atoms with Crippen molar-refractivity contribution >= 4 is 37.8 Å². The molecule has 0 unspecified atom stereocenters. The maximum atomic E-state index is 5.24. The summed E-state index contributed by atoms with van der Waals surface area (Å²) in [6.45, 7) is 18.8. The number of rotatable bonds is 8. The molecule has 0 amide bonds. The first kappa shape index (κ1) is 22.4. The Labute approximate surface area is 169 Å². The normalized spacial score (nSPS) is 12.2. The van der Waals surface area contributed by atoms with Crippen molar-refractivity contribution in [2.75, 3.05) is 0 Å². The molecule has 148 valence electrons. The molecule has 1 nitrogen and oxygen atoms in total. The summed E-state index contributed by atoms with van der Waals surface area (Å²) < 4.78 is 0. The molecular weight excluding hydrogens is 364 g/mol. The molecular formula is C24H36NP2-. The minimum absolute atomic E-state index is 0.229. The average Bonchev–Trinajstić information content (AvgIpc) is 2.57. The minimum Gasteiger partial charge on any atom is -0.657 e. The molecule has 0 aliphatic rings. The number of benzene rings is 2. The zero-order valence-corrected chi connectivity index (χ0v) is 20.1. The van der Waals surface area contributed by atoms with Gasteiger partial charge in [0.15, 0.2) is 0 Å². The molecule has 2 rings (SSSR count). The molecule has 0 heterocycles. The Hall–Kier alpha value is -0.900. The van der Waals surface area contributed by atoms with Gasteiger partial charge in [0.1, 0.15) is 0 Å². The zero-order valence-electron chi connectivity index (χ0n) is 18.3. The average molecular weight is 401 g/mol. The van der Waals surface area contributed by atoms with Crippen LogP contribution in [0.3, 0.4) is 0 Å². The lowest BCUT2D eigenvalue weighted by Gasteiger charge is -2.37. The number of para-hydroxylation sites is 2. The van der Waals surface area contributed by atoms with E-state index in [0.717, 1.165) is 0 Å². The summed E-state index contributed by atoms with van der Waals surface area (Å²) >= 11 is 0. The molecule has 0 N–H and O–H groups in total. The van der Waals surface area contributed by atoms with Crippen molar-refractivity contribution < 1.29 is 0 Å². The minimum atomic E-state index is -0.229. The van der Waals surface area contributed by atoms with Crippen LogP contribution in [0.15, 0.2) is 48.5 Å². The van der Waals surface area contributed by atoms with Crippen LogP contribution >= 0.6 is 15.8 Å². The molecule has 0 radical (unpaired) electrons. The van der Waals surface area contributed by atoms with Crippen molar-refractivity contribution in [3.8, 4) is 0 Å². The van der Waals surface area contributed by atoms with Crippen LogP contribution in [0.1, 0.15) is 55.4 Å². The van der Waals surface area contributed by atoms with Gasteiger partial charge in [0, 0.05) is 0 Å². The Morgan fingerprint density at radius 3 is 1.11 bits per heavy atom. The zero-order chi connectivity index (χ0) is 20.1. The second kappa shape index (κ2) is 10.0. The van der Waals surface area contributed by atoms with E-state index in [9.17, 15) is 0 Å². The summed E-state index contributed by atoms with van der Waals surface area (Å²) in [6.07, 6.45) is 0. The standard InChI is InChI=1S/C24H36NP2/c1-17(2)26(18(3)4)23-15-11-9-13-21(23)25-22-14-10-12-16-24(22)27(19(5)6)20(7)8/h9-20H,1-8H3/q-1. The summed E-state index contributed by atoms with van der Waals surface area (Å²) in [5.74, 6) is 0. The Bertz CT molecular complexity index is 644. The fourth-order valence-corrected chi connectivity index (χ4v) is 9.89. The topological polar surface area (TPSA) is 14.1 Å². The van der Waals surface area contributed by atoms with Crippen LogP contribution in [0, 0.1) is 0 Å². The van der Waals surface area contributed by atoms with Gasteiger partial charge >= 0.3 is 0 Å². The highest BCUT2D eigenvalue weighted by atomic mass is 31.1. The van der Waals surface area contributed by atoms with Crippen LogP contribution in [0.4, 0.5) is 11.4 Å². The van der Waals surface area contributed by atoms with E-state index >= 15 is 0 Å². The first-order valence-corrected chi connectivity index (χ1v) is 13.2. The van der Waals surface area contributed by atoms with E-state index in [4.69, 9.17) is 5.32 Å². The molecule has 0 saturated carbocycles. The summed E-state index contributed by atoms with van der Waals surface area (Å²) in [6, 6.07) is 17.6. The van der Waals surface area contributed by atoms with Crippen LogP contribution in [-0.4, -0.2) is 22.6 Å². The Balaban J connectivity index is 2.48. The monoisotopic (exact) mass is 400 g/mol. The fourth-order valence-electron chi connectivity index (χ4n) is 3.99. The largest absolute Gasteiger partial charge is 0.657 e. The van der Waals surface area contributed by atoms with Crippen molar-refractivity contribution in [3.63, 3.8) is 0 Å². The molecule has 0 aromatic heterocycles. The highest BCUT2D eigenvalue weighted by Gasteiger charge is 2.21. The van der Waals surface area contributed by atoms with Crippen LogP contribution in [0.25, 0.3) is 5.32 Å². The number of hydrogen-bond acceptors (Lipinski definition) is 0. The van der Waals surface area contributed by atoms with Gasteiger partial charge in [-0.25, -0.2) is 0 Å². The second-order valence-corrected chi connectivity index (χ2v) is 15.0. The summed E-state index contributed by atoms with van der Waals surface area (Å²) in [5, 5.41) is 8.14. The van der Waals surface area contributed by atoms with Crippen LogP contribution in [0.2, 0.25) is 0 Å². The van der Waals surface area contributed by atoms with E-state index in [1.807, 2.05) is 0 Å². The van der Waals surface area contributed by atoms with E-state index in [2.05, 4.69) is 104 Å². The molecule has 0 saturated heterocycles. The molecule has 0 bridgehead atoms. The summed E-state index contributed by atoms with van der Waals surface area (Å²) in [7, 11) is -0.458. The Kier molecular flexibility index (Phi) is 8.33. The second-order valence-electron chi connectivity index (χ2n) is 8.28. The van der Waals surface area contributed by atoms with E-state index in [1.54, 1.807) is 0 Å². The highest BCUT2D eigenvalue weighted by Crippen LogP contribution is 2.51. The van der Waals surface area contributed by atoms with Gasteiger partial charge < -0.3 is 5.32 Å². The van der Waals surface area contributed by atoms with Gasteiger partial charge in [-0.05, 0) is 33.2 Å². The van der Waals surface area contributed by atoms with Crippen LogP contribution in [-0.2, 0) is 0 Å². The van der Waals surface area contributed by atoms with Gasteiger partial charge in [0.05, 0.1) is 0 Å². The first-order valence-electron chi connectivity index (χ1n) is 10.2. The van der Waals surface area contributed by atoms with Crippen molar-refractivity contribution in [1.29, 1.82) is 0 Å². The molecule has 2 aromatic carbocycles. The van der Waals surface area contributed by atoms with E-state index < -0.39 is 0 Å². The first-order chi connectivity index (χ1) is 12.7. The van der Waals surface area contributed by atoms with Crippen LogP contribution < -0.4 is 10.6 Å². The molecule has 0 fully saturated rings. The van der Waals surface area contributed by atoms with Crippen molar-refractivity contribution in [2.45, 2.75) is 78.0 Å². The molecule has 27 heavy (non-hydrogen) atoms. The molecule has 3 heteroatoms. The maximum absolute atomic E-state index is 5.24. The Morgan fingerprint density at radius 2 is 0.815 bits per heavy atom. The lowest BCUT2D eigenvalue weighted by molar-refractivity contribution is 1.02. The molecule has 0 atom stereocenters. The quantitative estimate of drug-likeness (QED) is 0.400. The summed E-state index contributed by atoms with van der Waals surface area (Å²) in [5.41, 5.74) is 4.98. The highest BCUT2D eigenvalue weighted by molar-refractivity contribution is 7.67. The van der Waals surface area contributed by atoms with Gasteiger partial charge in [-0.2, -0.15) is 0 Å². The van der Waals surface area contributed by atoms with Gasteiger partial charge in [0.25, 0.3) is 0 Å². The van der Waals surface area contributed by atoms with Gasteiger partial charge in [-0.3, -0.25) is 0 Å². The van der Waals surface area contributed by atoms with Gasteiger partial charge in [-0.15, -0.1) is 11.4 Å². The van der Waals surface area contributed by atoms with E-state index in [1.165, 1.54) is 22.0 Å². The van der Waals surface area contributed by atoms with E-state index in [-0.39, 0.29) is 15.8 Å². The number of hydrogen-bond donors (Lipinski definition) is 0. The lowest BCUT2D eigenvalue weighted by atomic mass is 10.2. The fraction of sp³-hybridized carbons (Fsp3) is 0.500. The third-order valence-corrected chi connectivity index (χ3v) is 11.1. The molecule has 2 aromatic rings. The summed E-state index contributed by atoms with van der Waals surface area (Å²) in [4.78, 5) is 0. The number of nitrogens with zero attached hydrogens (tertiary/aromatic N) is 1. The SMILES string of the molecule is CC(C)P(c1ccccc1[N-]c1ccccc1P(C(C)C)C(C)C)C(C)C. The van der Waals surface area contributed by atoms with E-state index in [0.29, 0.717) is 22.6 Å². The predicted molar refractivity (Wildman–Crippen MR) is 129 cm³/mol. The smallest absolute Gasteiger partial charge is 0.0224 e. The Morgan fingerprint density at radius 1 is 0.519 bits per heavy atom. The van der Waals surface area contributed by atoms with Crippen molar-refractivity contribution in [1.82, 2.24) is 0 Å². The third-order valence-electron chi connectivity index (χ3n) is 4.79. The molecule has 0 aliphatic heterocycles. The predicted octanol–water partition coefficient (Wildman–Crippen LogP) is 7.87. The lowest BCUT2D eigenvalue weighted by Crippen LogP contribution is -2.17. The molecule has 0 aliphatic carbocycles. The van der Waals surface area contributed by atoms with Crippen molar-refractivity contribution in [2.24, 2.45) is 0 Å². The molecule has 0 spiro atoms. The van der Waals surface area contributed by atoms with Crippen LogP contribution in [0.5, 0.6) is 0 Å².